The van der Waals surface area contributed by atoms with Crippen molar-refractivity contribution in [2.24, 2.45) is 11.8 Å². The molecular weight excluding hydrogens is 190 g/mol. The molecule has 1 aromatic heterocycles. The first-order chi connectivity index (χ1) is 7.28. The quantitative estimate of drug-likeness (QED) is 0.501. The molecule has 0 aliphatic heterocycles. The molecule has 5 nitrogen and oxygen atoms in total. The Morgan fingerprint density at radius 2 is 2.13 bits per heavy atom. The van der Waals surface area contributed by atoms with Gasteiger partial charge in [0.2, 0.25) is 0 Å². The predicted molar refractivity (Wildman–Crippen MR) is 60.4 cm³/mol. The van der Waals surface area contributed by atoms with E-state index in [4.69, 9.17) is 5.84 Å². The number of hydrogen-bond donors (Lipinski definition) is 3. The number of aromatic nitrogens is 2. The lowest BCUT2D eigenvalue weighted by molar-refractivity contribution is 0.757. The first-order valence-corrected chi connectivity index (χ1v) is 5.34. The fourth-order valence-corrected chi connectivity index (χ4v) is 1.54. The Balaban J connectivity index is 1.90. The smallest absolute Gasteiger partial charge is 0.145 e. The maximum atomic E-state index is 5.31. The molecule has 5 heteroatoms. The van der Waals surface area contributed by atoms with E-state index in [0.29, 0.717) is 5.82 Å². The molecule has 0 aromatic carbocycles. The van der Waals surface area contributed by atoms with Gasteiger partial charge in [-0.2, -0.15) is 0 Å². The molecule has 1 aromatic rings. The van der Waals surface area contributed by atoms with Gasteiger partial charge in [-0.3, -0.25) is 0 Å². The molecular formula is C10H17N5. The molecule has 1 aliphatic rings. The van der Waals surface area contributed by atoms with Gasteiger partial charge >= 0.3 is 0 Å². The van der Waals surface area contributed by atoms with Crippen LogP contribution in [0.15, 0.2) is 6.07 Å². The van der Waals surface area contributed by atoms with Gasteiger partial charge in [0.25, 0.3) is 0 Å². The van der Waals surface area contributed by atoms with Crippen molar-refractivity contribution in [3.8, 4) is 0 Å². The summed E-state index contributed by atoms with van der Waals surface area (Å²) in [5.41, 5.74) is 2.53. The van der Waals surface area contributed by atoms with Crippen molar-refractivity contribution in [3.63, 3.8) is 0 Å². The van der Waals surface area contributed by atoms with Crippen LogP contribution in [0.2, 0.25) is 0 Å². The maximum Gasteiger partial charge on any atom is 0.145 e. The van der Waals surface area contributed by atoms with Crippen molar-refractivity contribution < 1.29 is 0 Å². The van der Waals surface area contributed by atoms with Crippen molar-refractivity contribution in [2.45, 2.75) is 26.2 Å². The fourth-order valence-electron chi connectivity index (χ4n) is 1.54. The van der Waals surface area contributed by atoms with E-state index in [1.165, 1.54) is 19.3 Å². The largest absolute Gasteiger partial charge is 0.370 e. The third-order valence-corrected chi connectivity index (χ3v) is 2.54. The second kappa shape index (κ2) is 4.44. The monoisotopic (exact) mass is 207 g/mol. The molecule has 0 radical (unpaired) electrons. The highest BCUT2D eigenvalue weighted by molar-refractivity contribution is 5.46. The molecule has 4 N–H and O–H groups in total. The summed E-state index contributed by atoms with van der Waals surface area (Å²) in [6, 6.07) is 1.82. The average Bonchev–Trinajstić information content (AvgIpc) is 3.01. The van der Waals surface area contributed by atoms with Gasteiger partial charge in [-0.25, -0.2) is 15.8 Å². The molecule has 2 rings (SSSR count). The molecule has 1 aliphatic carbocycles. The van der Waals surface area contributed by atoms with Gasteiger partial charge in [-0.1, -0.05) is 12.8 Å². The number of nitrogens with one attached hydrogen (secondary N) is 2. The van der Waals surface area contributed by atoms with Gasteiger partial charge in [0.05, 0.1) is 0 Å². The van der Waals surface area contributed by atoms with Gasteiger partial charge in [0, 0.05) is 12.6 Å². The molecule has 82 valence electrons. The summed E-state index contributed by atoms with van der Waals surface area (Å²) in [7, 11) is 0. The summed E-state index contributed by atoms with van der Waals surface area (Å²) in [4.78, 5) is 8.40. The molecule has 0 unspecified atom stereocenters. The number of aryl methyl sites for hydroxylation is 1. The summed E-state index contributed by atoms with van der Waals surface area (Å²) in [5.74, 6) is 8.46. The SMILES string of the molecule is Cc1nc(NN)cc(NCCC2CC2)n1. The van der Waals surface area contributed by atoms with Crippen LogP contribution in [0.1, 0.15) is 25.1 Å². The van der Waals surface area contributed by atoms with E-state index in [0.717, 1.165) is 24.1 Å². The van der Waals surface area contributed by atoms with Gasteiger partial charge in [0.15, 0.2) is 0 Å². The van der Waals surface area contributed by atoms with E-state index < -0.39 is 0 Å². The number of hydrogen-bond acceptors (Lipinski definition) is 5. The number of nitrogen functional groups attached to an aromatic ring is 1. The first kappa shape index (κ1) is 10.2. The Labute approximate surface area is 89.5 Å². The lowest BCUT2D eigenvalue weighted by atomic mass is 10.3. The minimum absolute atomic E-state index is 0.649. The first-order valence-electron chi connectivity index (χ1n) is 5.34. The van der Waals surface area contributed by atoms with Gasteiger partial charge in [-0.15, -0.1) is 0 Å². The minimum atomic E-state index is 0.649. The number of hydrazine groups is 1. The highest BCUT2D eigenvalue weighted by Gasteiger charge is 2.20. The Morgan fingerprint density at radius 3 is 2.80 bits per heavy atom. The Bertz CT molecular complexity index is 335. The zero-order valence-electron chi connectivity index (χ0n) is 8.95. The lowest BCUT2D eigenvalue weighted by Crippen LogP contribution is -2.11. The highest BCUT2D eigenvalue weighted by Crippen LogP contribution is 2.32. The van der Waals surface area contributed by atoms with E-state index in [9.17, 15) is 0 Å². The van der Waals surface area contributed by atoms with E-state index in [2.05, 4.69) is 20.7 Å². The van der Waals surface area contributed by atoms with Crippen molar-refractivity contribution in [3.05, 3.63) is 11.9 Å². The van der Waals surface area contributed by atoms with Gasteiger partial charge in [-0.05, 0) is 19.3 Å². The van der Waals surface area contributed by atoms with E-state index in [1.807, 2.05) is 13.0 Å². The maximum absolute atomic E-state index is 5.31. The fraction of sp³-hybridized carbons (Fsp3) is 0.600. The van der Waals surface area contributed by atoms with Gasteiger partial charge < -0.3 is 10.7 Å². The molecule has 0 saturated heterocycles. The van der Waals surface area contributed by atoms with Crippen LogP contribution >= 0.6 is 0 Å². The molecule has 1 heterocycles. The third-order valence-electron chi connectivity index (χ3n) is 2.54. The standard InChI is InChI=1S/C10H17N5/c1-7-13-9(6-10(14-7)15-11)12-5-4-8-2-3-8/h6,8H,2-5,11H2,1H3,(H2,12,13,14,15). The summed E-state index contributed by atoms with van der Waals surface area (Å²) in [6.07, 6.45) is 4.01. The van der Waals surface area contributed by atoms with E-state index >= 15 is 0 Å². The summed E-state index contributed by atoms with van der Waals surface area (Å²) in [6.45, 7) is 2.83. The molecule has 1 fully saturated rings. The van der Waals surface area contributed by atoms with Crippen LogP contribution in [0.5, 0.6) is 0 Å². The third kappa shape index (κ3) is 3.06. The Hall–Kier alpha value is -1.36. The number of anilines is 2. The van der Waals surface area contributed by atoms with Crippen LogP contribution in [-0.2, 0) is 0 Å². The summed E-state index contributed by atoms with van der Waals surface area (Å²) < 4.78 is 0. The van der Waals surface area contributed by atoms with Crippen LogP contribution in [0, 0.1) is 12.8 Å². The normalized spacial score (nSPS) is 15.1. The number of nitrogens with zero attached hydrogens (tertiary/aromatic N) is 2. The molecule has 15 heavy (non-hydrogen) atoms. The second-order valence-corrected chi connectivity index (χ2v) is 3.99. The summed E-state index contributed by atoms with van der Waals surface area (Å²) >= 11 is 0. The van der Waals surface area contributed by atoms with Crippen LogP contribution in [0.3, 0.4) is 0 Å². The minimum Gasteiger partial charge on any atom is -0.370 e. The van der Waals surface area contributed by atoms with Crippen molar-refractivity contribution in [2.75, 3.05) is 17.3 Å². The summed E-state index contributed by atoms with van der Waals surface area (Å²) in [5, 5.41) is 3.28. The topological polar surface area (TPSA) is 75.9 Å². The van der Waals surface area contributed by atoms with Crippen LogP contribution < -0.4 is 16.6 Å². The number of nitrogens with two attached hydrogens (primary N) is 1. The van der Waals surface area contributed by atoms with Crippen LogP contribution in [-0.4, -0.2) is 16.5 Å². The molecule has 0 spiro atoms. The Kier molecular flexibility index (Phi) is 3.01. The van der Waals surface area contributed by atoms with E-state index in [1.54, 1.807) is 0 Å². The van der Waals surface area contributed by atoms with Crippen molar-refractivity contribution in [1.82, 2.24) is 9.97 Å². The molecule has 0 atom stereocenters. The van der Waals surface area contributed by atoms with E-state index in [-0.39, 0.29) is 0 Å². The zero-order valence-corrected chi connectivity index (χ0v) is 8.95. The van der Waals surface area contributed by atoms with Gasteiger partial charge in [0.1, 0.15) is 17.5 Å². The lowest BCUT2D eigenvalue weighted by Gasteiger charge is -2.07. The molecule has 0 bridgehead atoms. The van der Waals surface area contributed by atoms with Crippen molar-refractivity contribution >= 4 is 11.6 Å². The molecule has 1 saturated carbocycles. The number of rotatable bonds is 5. The Morgan fingerprint density at radius 1 is 1.40 bits per heavy atom. The highest BCUT2D eigenvalue weighted by atomic mass is 15.3. The molecule has 0 amide bonds. The predicted octanol–water partition coefficient (Wildman–Crippen LogP) is 1.28. The van der Waals surface area contributed by atoms with Crippen LogP contribution in [0.25, 0.3) is 0 Å². The van der Waals surface area contributed by atoms with Crippen molar-refractivity contribution in [1.29, 1.82) is 0 Å². The second-order valence-electron chi connectivity index (χ2n) is 3.99. The zero-order chi connectivity index (χ0) is 10.7. The average molecular weight is 207 g/mol. The van der Waals surface area contributed by atoms with Crippen LogP contribution in [0.4, 0.5) is 11.6 Å².